The summed E-state index contributed by atoms with van der Waals surface area (Å²) in [6.07, 6.45) is 1.39. The second kappa shape index (κ2) is 9.32. The minimum absolute atomic E-state index is 0.0105. The third-order valence-electron chi connectivity index (χ3n) is 4.79. The lowest BCUT2D eigenvalue weighted by Crippen LogP contribution is -2.41. The predicted molar refractivity (Wildman–Crippen MR) is 106 cm³/mol. The van der Waals surface area contributed by atoms with Gasteiger partial charge in [-0.3, -0.25) is 14.5 Å². The van der Waals surface area contributed by atoms with Crippen LogP contribution in [-0.2, 0) is 9.59 Å². The second-order valence-electron chi connectivity index (χ2n) is 6.83. The maximum absolute atomic E-state index is 12.9. The normalized spacial score (nSPS) is 15.1. The zero-order chi connectivity index (χ0) is 19.9. The molecule has 28 heavy (non-hydrogen) atoms. The molecule has 2 aromatic rings. The number of benzene rings is 2. The molecule has 3 rings (SSSR count). The second-order valence-corrected chi connectivity index (χ2v) is 6.83. The van der Waals surface area contributed by atoms with Crippen LogP contribution in [0.5, 0.6) is 5.75 Å². The Morgan fingerprint density at radius 2 is 1.79 bits per heavy atom. The third-order valence-corrected chi connectivity index (χ3v) is 4.79. The number of halogens is 1. The molecule has 7 heteroatoms. The summed E-state index contributed by atoms with van der Waals surface area (Å²) in [5.74, 6) is 0.115. The van der Waals surface area contributed by atoms with Crippen molar-refractivity contribution in [2.45, 2.75) is 12.8 Å². The number of amides is 2. The van der Waals surface area contributed by atoms with E-state index in [1.807, 2.05) is 23.1 Å². The molecule has 0 atom stereocenters. The van der Waals surface area contributed by atoms with Crippen LogP contribution in [0.2, 0.25) is 0 Å². The van der Waals surface area contributed by atoms with Gasteiger partial charge >= 0.3 is 0 Å². The van der Waals surface area contributed by atoms with Crippen LogP contribution >= 0.6 is 0 Å². The number of ether oxygens (including phenoxy) is 1. The van der Waals surface area contributed by atoms with Gasteiger partial charge < -0.3 is 15.4 Å². The summed E-state index contributed by atoms with van der Waals surface area (Å²) in [6.45, 7) is 1.60. The number of nitrogens with one attached hydrogen (secondary N) is 2. The fourth-order valence-electron chi connectivity index (χ4n) is 3.24. The Kier molecular flexibility index (Phi) is 6.60. The van der Waals surface area contributed by atoms with Crippen molar-refractivity contribution in [1.29, 1.82) is 0 Å². The number of likely N-dealkylation sites (tertiary alicyclic amines) is 1. The smallest absolute Gasteiger partial charge is 0.238 e. The van der Waals surface area contributed by atoms with E-state index in [-0.39, 0.29) is 30.1 Å². The fourth-order valence-corrected chi connectivity index (χ4v) is 3.24. The first-order chi connectivity index (χ1) is 13.5. The SMILES string of the molecule is COc1cccc(NC(=O)C2CCN(CC(=O)Nc3ccc(F)cc3)CC2)c1. The maximum Gasteiger partial charge on any atom is 0.238 e. The predicted octanol–water partition coefficient (Wildman–Crippen LogP) is 3.12. The Morgan fingerprint density at radius 3 is 2.46 bits per heavy atom. The molecule has 6 nitrogen and oxygen atoms in total. The lowest BCUT2D eigenvalue weighted by molar-refractivity contribution is -0.121. The number of hydrogen-bond donors (Lipinski definition) is 2. The monoisotopic (exact) mass is 385 g/mol. The average Bonchev–Trinajstić information content (AvgIpc) is 2.70. The Hall–Kier alpha value is -2.93. The molecule has 2 N–H and O–H groups in total. The lowest BCUT2D eigenvalue weighted by Gasteiger charge is -2.30. The minimum atomic E-state index is -0.340. The van der Waals surface area contributed by atoms with E-state index in [9.17, 15) is 14.0 Å². The molecule has 148 valence electrons. The molecule has 0 bridgehead atoms. The van der Waals surface area contributed by atoms with Gasteiger partial charge in [-0.2, -0.15) is 0 Å². The molecule has 1 fully saturated rings. The minimum Gasteiger partial charge on any atom is -0.497 e. The highest BCUT2D eigenvalue weighted by Gasteiger charge is 2.26. The van der Waals surface area contributed by atoms with E-state index >= 15 is 0 Å². The van der Waals surface area contributed by atoms with Crippen LogP contribution in [0.4, 0.5) is 15.8 Å². The van der Waals surface area contributed by atoms with Gasteiger partial charge in [-0.25, -0.2) is 4.39 Å². The van der Waals surface area contributed by atoms with Gasteiger partial charge in [0.05, 0.1) is 13.7 Å². The van der Waals surface area contributed by atoms with E-state index in [4.69, 9.17) is 4.74 Å². The van der Waals surface area contributed by atoms with Crippen molar-refractivity contribution in [2.75, 3.05) is 37.4 Å². The van der Waals surface area contributed by atoms with Crippen molar-refractivity contribution in [2.24, 2.45) is 5.92 Å². The van der Waals surface area contributed by atoms with Crippen LogP contribution in [0.3, 0.4) is 0 Å². The van der Waals surface area contributed by atoms with Crippen molar-refractivity contribution >= 4 is 23.2 Å². The van der Waals surface area contributed by atoms with Gasteiger partial charge in [-0.1, -0.05) is 6.07 Å². The highest BCUT2D eigenvalue weighted by atomic mass is 19.1. The molecule has 0 spiro atoms. The van der Waals surface area contributed by atoms with Crippen molar-refractivity contribution in [3.8, 4) is 5.75 Å². The summed E-state index contributed by atoms with van der Waals surface area (Å²) in [5, 5.41) is 5.69. The van der Waals surface area contributed by atoms with Gasteiger partial charge in [0.2, 0.25) is 11.8 Å². The van der Waals surface area contributed by atoms with E-state index < -0.39 is 0 Å². The van der Waals surface area contributed by atoms with Crippen LogP contribution in [0.15, 0.2) is 48.5 Å². The summed E-state index contributed by atoms with van der Waals surface area (Å²) in [7, 11) is 1.59. The van der Waals surface area contributed by atoms with Crippen LogP contribution < -0.4 is 15.4 Å². The van der Waals surface area contributed by atoms with E-state index in [1.165, 1.54) is 24.3 Å². The molecule has 2 aromatic carbocycles. The number of nitrogens with zero attached hydrogens (tertiary/aromatic N) is 1. The Labute approximate surface area is 163 Å². The molecule has 0 saturated carbocycles. The first-order valence-electron chi connectivity index (χ1n) is 9.26. The summed E-state index contributed by atoms with van der Waals surface area (Å²) in [4.78, 5) is 26.7. The zero-order valence-corrected chi connectivity index (χ0v) is 15.8. The van der Waals surface area contributed by atoms with Gasteiger partial charge in [-0.15, -0.1) is 0 Å². The molecular weight excluding hydrogens is 361 g/mol. The molecule has 1 aliphatic heterocycles. The number of methoxy groups -OCH3 is 1. The van der Waals surface area contributed by atoms with E-state index in [0.717, 1.165) is 0 Å². The molecule has 2 amide bonds. The number of hydrogen-bond acceptors (Lipinski definition) is 4. The van der Waals surface area contributed by atoms with Crippen molar-refractivity contribution in [3.63, 3.8) is 0 Å². The van der Waals surface area contributed by atoms with Crippen molar-refractivity contribution < 1.29 is 18.7 Å². The lowest BCUT2D eigenvalue weighted by atomic mass is 9.96. The standard InChI is InChI=1S/C21H24FN3O3/c1-28-19-4-2-3-18(13-19)24-21(27)15-9-11-25(12-10-15)14-20(26)23-17-7-5-16(22)6-8-17/h2-8,13,15H,9-12,14H2,1H3,(H,23,26)(H,24,27). The van der Waals surface area contributed by atoms with E-state index in [0.29, 0.717) is 43.1 Å². The molecule has 1 aliphatic rings. The Balaban J connectivity index is 1.43. The number of anilines is 2. The van der Waals surface area contributed by atoms with Gasteiger partial charge in [-0.05, 0) is 62.3 Å². The van der Waals surface area contributed by atoms with Crippen LogP contribution in [-0.4, -0.2) is 43.5 Å². The van der Waals surface area contributed by atoms with Gasteiger partial charge in [0.1, 0.15) is 11.6 Å². The number of rotatable bonds is 6. The van der Waals surface area contributed by atoms with Crippen LogP contribution in [0.25, 0.3) is 0 Å². The highest BCUT2D eigenvalue weighted by Crippen LogP contribution is 2.21. The first-order valence-corrected chi connectivity index (χ1v) is 9.26. The Morgan fingerprint density at radius 1 is 1.07 bits per heavy atom. The average molecular weight is 385 g/mol. The zero-order valence-electron chi connectivity index (χ0n) is 15.8. The largest absolute Gasteiger partial charge is 0.497 e. The van der Waals surface area contributed by atoms with Crippen LogP contribution in [0.1, 0.15) is 12.8 Å². The topological polar surface area (TPSA) is 70.7 Å². The summed E-state index contributed by atoms with van der Waals surface area (Å²) < 4.78 is 18.1. The molecule has 0 aromatic heterocycles. The van der Waals surface area contributed by atoms with E-state index in [1.54, 1.807) is 13.2 Å². The number of carbonyl (C=O) groups is 2. The Bertz CT molecular complexity index is 818. The van der Waals surface area contributed by atoms with Crippen LogP contribution in [0, 0.1) is 11.7 Å². The van der Waals surface area contributed by atoms with Gasteiger partial charge in [0.15, 0.2) is 0 Å². The number of carbonyl (C=O) groups excluding carboxylic acids is 2. The van der Waals surface area contributed by atoms with Gasteiger partial charge in [0, 0.05) is 23.4 Å². The van der Waals surface area contributed by atoms with E-state index in [2.05, 4.69) is 10.6 Å². The summed E-state index contributed by atoms with van der Waals surface area (Å²) in [6, 6.07) is 12.9. The summed E-state index contributed by atoms with van der Waals surface area (Å²) in [5.41, 5.74) is 1.28. The summed E-state index contributed by atoms with van der Waals surface area (Å²) >= 11 is 0. The molecule has 0 radical (unpaired) electrons. The van der Waals surface area contributed by atoms with Crippen molar-refractivity contribution in [1.82, 2.24) is 4.90 Å². The number of piperidine rings is 1. The molecular formula is C21H24FN3O3. The molecule has 0 unspecified atom stereocenters. The molecule has 0 aliphatic carbocycles. The maximum atomic E-state index is 12.9. The first kappa shape index (κ1) is 19.8. The fraction of sp³-hybridized carbons (Fsp3) is 0.333. The van der Waals surface area contributed by atoms with Gasteiger partial charge in [0.25, 0.3) is 0 Å². The third kappa shape index (κ3) is 5.53. The molecule has 1 saturated heterocycles. The molecule has 1 heterocycles. The van der Waals surface area contributed by atoms with Crippen molar-refractivity contribution in [3.05, 3.63) is 54.3 Å². The highest BCUT2D eigenvalue weighted by molar-refractivity contribution is 5.93. The quantitative estimate of drug-likeness (QED) is 0.802.